The normalized spacial score (nSPS) is 11.5. The van der Waals surface area contributed by atoms with Gasteiger partial charge in [0.1, 0.15) is 12.4 Å². The van der Waals surface area contributed by atoms with Gasteiger partial charge in [0.25, 0.3) is 5.56 Å². The molecule has 1 amide bonds. The largest absolute Gasteiger partial charge is 0.368 e. The third-order valence-electron chi connectivity index (χ3n) is 3.75. The molecule has 0 bridgehead atoms. The van der Waals surface area contributed by atoms with Gasteiger partial charge in [-0.25, -0.2) is 15.0 Å². The summed E-state index contributed by atoms with van der Waals surface area (Å²) >= 11 is 0. The van der Waals surface area contributed by atoms with Gasteiger partial charge in [0.15, 0.2) is 0 Å². The average Bonchev–Trinajstić information content (AvgIpc) is 2.56. The molecule has 0 spiro atoms. The zero-order chi connectivity index (χ0) is 19.8. The average molecular weight is 367 g/mol. The lowest BCUT2D eigenvalue weighted by atomic mass is 10.1. The monoisotopic (exact) mass is 367 g/mol. The highest BCUT2D eigenvalue weighted by Gasteiger charge is 2.18. The molecule has 0 saturated carbocycles. The lowest BCUT2D eigenvalue weighted by molar-refractivity contribution is -0.118. The van der Waals surface area contributed by atoms with E-state index in [1.807, 2.05) is 20.8 Å². The van der Waals surface area contributed by atoms with Crippen LogP contribution >= 0.6 is 0 Å². The third-order valence-corrected chi connectivity index (χ3v) is 3.75. The minimum Gasteiger partial charge on any atom is -0.368 e. The highest BCUT2D eigenvalue weighted by atomic mass is 16.2. The number of nitrogens with one attached hydrogen (secondary N) is 1. The summed E-state index contributed by atoms with van der Waals surface area (Å²) in [5, 5.41) is 4.32. The Morgan fingerprint density at radius 1 is 1.26 bits per heavy atom. The van der Waals surface area contributed by atoms with Crippen LogP contribution in [0.1, 0.15) is 20.8 Å². The smallest absolute Gasteiger partial charge is 0.262 e. The summed E-state index contributed by atoms with van der Waals surface area (Å²) in [5.41, 5.74) is 11.4. The molecule has 0 saturated heterocycles. The highest BCUT2D eigenvalue weighted by molar-refractivity contribution is 5.94. The first-order valence-electron chi connectivity index (χ1n) is 8.32. The van der Waals surface area contributed by atoms with Gasteiger partial charge in [0.2, 0.25) is 11.9 Å². The summed E-state index contributed by atoms with van der Waals surface area (Å²) in [6, 6.07) is 3.52. The molecule has 5 N–H and O–H groups in total. The second-order valence-electron chi connectivity index (χ2n) is 7.24. The van der Waals surface area contributed by atoms with Crippen LogP contribution in [0.15, 0.2) is 35.5 Å². The van der Waals surface area contributed by atoms with E-state index in [0.717, 1.165) is 0 Å². The summed E-state index contributed by atoms with van der Waals surface area (Å²) in [5.74, 6) is -0.0112. The first-order valence-corrected chi connectivity index (χ1v) is 8.32. The van der Waals surface area contributed by atoms with Crippen molar-refractivity contribution in [1.82, 2.24) is 19.5 Å². The van der Waals surface area contributed by atoms with Gasteiger partial charge >= 0.3 is 0 Å². The minimum absolute atomic E-state index is 0.168. The van der Waals surface area contributed by atoms with E-state index in [-0.39, 0.29) is 23.6 Å². The van der Waals surface area contributed by atoms with Crippen LogP contribution in [0.4, 0.5) is 11.8 Å². The summed E-state index contributed by atoms with van der Waals surface area (Å²) in [6.07, 6.45) is 4.69. The summed E-state index contributed by atoms with van der Waals surface area (Å²) in [4.78, 5) is 36.7. The van der Waals surface area contributed by atoms with Crippen LogP contribution in [0.3, 0.4) is 0 Å². The topological polar surface area (TPSA) is 142 Å². The van der Waals surface area contributed by atoms with Crippen LogP contribution in [0.5, 0.6) is 0 Å². The predicted octanol–water partition coefficient (Wildman–Crippen LogP) is 1.13. The molecule has 0 aliphatic heterocycles. The number of fused-ring (bicyclic) bond motifs is 1. The van der Waals surface area contributed by atoms with Crippen LogP contribution in [0, 0.1) is 0 Å². The van der Waals surface area contributed by atoms with Crippen LogP contribution in [-0.4, -0.2) is 31.0 Å². The number of anilines is 2. The number of nitrogens with two attached hydrogens (primary N) is 2. The molecule has 0 aromatic carbocycles. The van der Waals surface area contributed by atoms with E-state index < -0.39 is 5.91 Å². The van der Waals surface area contributed by atoms with Gasteiger partial charge < -0.3 is 21.4 Å². The molecular formula is C18H21N7O2. The Balaban J connectivity index is 2.26. The van der Waals surface area contributed by atoms with E-state index in [0.29, 0.717) is 27.8 Å². The van der Waals surface area contributed by atoms with Crippen LogP contribution in [0.25, 0.3) is 22.0 Å². The number of amides is 1. The van der Waals surface area contributed by atoms with E-state index in [4.69, 9.17) is 11.5 Å². The van der Waals surface area contributed by atoms with Crippen molar-refractivity contribution in [2.75, 3.05) is 11.1 Å². The van der Waals surface area contributed by atoms with Gasteiger partial charge in [-0.1, -0.05) is 0 Å². The van der Waals surface area contributed by atoms with E-state index >= 15 is 0 Å². The zero-order valence-electron chi connectivity index (χ0n) is 15.4. The Kier molecular flexibility index (Phi) is 4.52. The maximum Gasteiger partial charge on any atom is 0.262 e. The Morgan fingerprint density at radius 3 is 2.52 bits per heavy atom. The summed E-state index contributed by atoms with van der Waals surface area (Å²) in [6.45, 7) is 5.69. The Labute approximate surface area is 155 Å². The molecule has 9 nitrogen and oxygen atoms in total. The third kappa shape index (κ3) is 4.02. The maximum absolute atomic E-state index is 12.9. The van der Waals surface area contributed by atoms with Gasteiger partial charge in [0, 0.05) is 29.7 Å². The second kappa shape index (κ2) is 6.67. The fourth-order valence-electron chi connectivity index (χ4n) is 2.66. The molecule has 140 valence electrons. The van der Waals surface area contributed by atoms with Gasteiger partial charge in [-0.15, -0.1) is 0 Å². The molecule has 27 heavy (non-hydrogen) atoms. The first-order chi connectivity index (χ1) is 12.6. The fraction of sp³-hybridized carbons (Fsp3) is 0.278. The van der Waals surface area contributed by atoms with Gasteiger partial charge in [-0.3, -0.25) is 9.59 Å². The number of hydrogen-bond acceptors (Lipinski definition) is 7. The van der Waals surface area contributed by atoms with E-state index in [1.165, 1.54) is 4.57 Å². The number of hydrogen-bond donors (Lipinski definition) is 3. The van der Waals surface area contributed by atoms with Crippen molar-refractivity contribution in [1.29, 1.82) is 0 Å². The van der Waals surface area contributed by atoms with E-state index in [9.17, 15) is 9.59 Å². The first kappa shape index (κ1) is 18.3. The number of primary amides is 1. The number of rotatable bonds is 4. The Morgan fingerprint density at radius 2 is 1.93 bits per heavy atom. The van der Waals surface area contributed by atoms with Crippen molar-refractivity contribution in [3.8, 4) is 11.3 Å². The quantitative estimate of drug-likeness (QED) is 0.627. The number of nitrogen functional groups attached to an aromatic ring is 1. The summed E-state index contributed by atoms with van der Waals surface area (Å²) in [7, 11) is 0. The van der Waals surface area contributed by atoms with Crippen molar-refractivity contribution in [2.24, 2.45) is 5.73 Å². The molecule has 0 aliphatic rings. The summed E-state index contributed by atoms with van der Waals surface area (Å²) < 4.78 is 1.27. The van der Waals surface area contributed by atoms with Crippen molar-refractivity contribution in [3.63, 3.8) is 0 Å². The van der Waals surface area contributed by atoms with Gasteiger partial charge in [-0.2, -0.15) is 0 Å². The molecule has 0 aliphatic carbocycles. The van der Waals surface area contributed by atoms with E-state index in [1.54, 1.807) is 30.7 Å². The molecule has 3 heterocycles. The molecule has 0 atom stereocenters. The van der Waals surface area contributed by atoms with Crippen molar-refractivity contribution >= 4 is 28.4 Å². The maximum atomic E-state index is 12.9. The molecule has 3 aromatic rings. The van der Waals surface area contributed by atoms with Crippen LogP contribution < -0.4 is 22.3 Å². The second-order valence-corrected chi connectivity index (χ2v) is 7.24. The molecule has 9 heteroatoms. The zero-order valence-corrected chi connectivity index (χ0v) is 15.4. The molecular weight excluding hydrogens is 346 g/mol. The lowest BCUT2D eigenvalue weighted by Gasteiger charge is -2.23. The van der Waals surface area contributed by atoms with Crippen molar-refractivity contribution in [2.45, 2.75) is 32.9 Å². The van der Waals surface area contributed by atoms with Crippen LogP contribution in [-0.2, 0) is 11.3 Å². The fourth-order valence-corrected chi connectivity index (χ4v) is 2.66. The van der Waals surface area contributed by atoms with Gasteiger partial charge in [-0.05, 0) is 38.3 Å². The van der Waals surface area contributed by atoms with Crippen molar-refractivity contribution in [3.05, 3.63) is 41.1 Å². The standard InChI is InChI=1S/C18H21N7O2/c1-18(2,3)24-15-14-10(4-5-25(16(14)27)9-13(19)26)6-12(23-15)11-7-21-17(20)22-8-11/h4-8H,9H2,1-3H3,(H2,19,26)(H,23,24)(H2,20,21,22). The number of pyridine rings is 2. The number of carbonyl (C=O) groups is 1. The van der Waals surface area contributed by atoms with Crippen LogP contribution in [0.2, 0.25) is 0 Å². The molecule has 0 unspecified atom stereocenters. The molecule has 3 aromatic heterocycles. The number of carbonyl (C=O) groups excluding carboxylic acids is 1. The number of nitrogens with zero attached hydrogens (tertiary/aromatic N) is 4. The highest BCUT2D eigenvalue weighted by Crippen LogP contribution is 2.27. The lowest BCUT2D eigenvalue weighted by Crippen LogP contribution is -2.30. The van der Waals surface area contributed by atoms with E-state index in [2.05, 4.69) is 20.3 Å². The Bertz CT molecular complexity index is 1070. The SMILES string of the molecule is CC(C)(C)Nc1nc(-c2cnc(N)nc2)cc2ccn(CC(N)=O)c(=O)c12. The molecule has 0 radical (unpaired) electrons. The molecule has 0 fully saturated rings. The minimum atomic E-state index is -0.592. The predicted molar refractivity (Wildman–Crippen MR) is 104 cm³/mol. The van der Waals surface area contributed by atoms with Crippen molar-refractivity contribution < 1.29 is 4.79 Å². The number of aromatic nitrogens is 4. The Hall–Kier alpha value is -3.49. The van der Waals surface area contributed by atoms with Gasteiger partial charge in [0.05, 0.1) is 11.1 Å². The molecule has 3 rings (SSSR count).